The van der Waals surface area contributed by atoms with E-state index in [9.17, 15) is 14.9 Å². The number of rotatable bonds is 8. The van der Waals surface area contributed by atoms with Crippen molar-refractivity contribution in [2.24, 2.45) is 0 Å². The van der Waals surface area contributed by atoms with E-state index >= 15 is 0 Å². The zero-order chi connectivity index (χ0) is 20.7. The molecule has 0 saturated heterocycles. The molecule has 1 amide bonds. The van der Waals surface area contributed by atoms with Gasteiger partial charge in [0.2, 0.25) is 5.91 Å². The molecule has 0 atom stereocenters. The third kappa shape index (κ3) is 5.97. The van der Waals surface area contributed by atoms with Crippen LogP contribution in [0.15, 0.2) is 42.5 Å². The van der Waals surface area contributed by atoms with E-state index in [1.54, 1.807) is 0 Å². The largest absolute Gasteiger partial charge is 0.494 e. The first kappa shape index (κ1) is 21.2. The molecule has 28 heavy (non-hydrogen) atoms. The van der Waals surface area contributed by atoms with Gasteiger partial charge in [0.15, 0.2) is 0 Å². The molecule has 1 N–H and O–H groups in total. The molecule has 0 heterocycles. The van der Waals surface area contributed by atoms with Gasteiger partial charge in [0.05, 0.1) is 30.4 Å². The average Bonchev–Trinajstić information content (AvgIpc) is 2.65. The molecule has 0 unspecified atom stereocenters. The maximum absolute atomic E-state index is 12.1. The van der Waals surface area contributed by atoms with Gasteiger partial charge >= 0.3 is 0 Å². The first-order valence-corrected chi connectivity index (χ1v) is 9.06. The Morgan fingerprint density at radius 1 is 1.14 bits per heavy atom. The molecule has 0 fully saturated rings. The van der Waals surface area contributed by atoms with Crippen LogP contribution in [0.2, 0.25) is 0 Å². The molecule has 0 aliphatic heterocycles. The standard InChI is InChI=1S/C21H26N2O5/c1-21(2,3)15-7-10-17(11-8-15)28-13-5-6-20(24)22-18-12-9-16(23(25)26)14-19(18)27-4/h7-12,14H,5-6,13H2,1-4H3,(H,22,24). The average molecular weight is 386 g/mol. The minimum absolute atomic E-state index is 0.0928. The van der Waals surface area contributed by atoms with E-state index in [0.717, 1.165) is 5.75 Å². The molecule has 0 radical (unpaired) electrons. The van der Waals surface area contributed by atoms with Gasteiger partial charge in [-0.05, 0) is 35.6 Å². The summed E-state index contributed by atoms with van der Waals surface area (Å²) in [6, 6.07) is 12.0. The van der Waals surface area contributed by atoms with Crippen LogP contribution in [0.3, 0.4) is 0 Å². The van der Waals surface area contributed by atoms with Crippen molar-refractivity contribution in [3.05, 3.63) is 58.1 Å². The van der Waals surface area contributed by atoms with E-state index in [-0.39, 0.29) is 29.2 Å². The number of anilines is 1. The smallest absolute Gasteiger partial charge is 0.273 e. The van der Waals surface area contributed by atoms with Crippen LogP contribution in [0.25, 0.3) is 0 Å². The summed E-state index contributed by atoms with van der Waals surface area (Å²) in [5.74, 6) is 0.807. The third-order valence-corrected chi connectivity index (χ3v) is 4.21. The molecule has 2 aromatic carbocycles. The van der Waals surface area contributed by atoms with Crippen molar-refractivity contribution in [2.45, 2.75) is 39.0 Å². The number of amides is 1. The maximum atomic E-state index is 12.1. The van der Waals surface area contributed by atoms with E-state index < -0.39 is 4.92 Å². The Bertz CT molecular complexity index is 826. The molecule has 0 aliphatic carbocycles. The van der Waals surface area contributed by atoms with E-state index in [1.165, 1.54) is 30.9 Å². The minimum atomic E-state index is -0.514. The van der Waals surface area contributed by atoms with Crippen LogP contribution >= 0.6 is 0 Å². The molecule has 150 valence electrons. The van der Waals surface area contributed by atoms with Crippen LogP contribution in [-0.2, 0) is 10.2 Å². The number of nitrogens with zero attached hydrogens (tertiary/aromatic N) is 1. The van der Waals surface area contributed by atoms with Gasteiger partial charge in [0.25, 0.3) is 5.69 Å². The summed E-state index contributed by atoms with van der Waals surface area (Å²) < 4.78 is 10.8. The van der Waals surface area contributed by atoms with Crippen molar-refractivity contribution in [2.75, 3.05) is 19.0 Å². The second kappa shape index (κ2) is 9.21. The zero-order valence-corrected chi connectivity index (χ0v) is 16.7. The van der Waals surface area contributed by atoms with E-state index in [4.69, 9.17) is 9.47 Å². The molecule has 0 saturated carbocycles. The molecule has 0 bridgehead atoms. The number of ether oxygens (including phenoxy) is 2. The van der Waals surface area contributed by atoms with E-state index in [1.807, 2.05) is 24.3 Å². The molecule has 0 aromatic heterocycles. The van der Waals surface area contributed by atoms with Crippen LogP contribution in [0.5, 0.6) is 11.5 Å². The first-order valence-electron chi connectivity index (χ1n) is 9.06. The number of carbonyl (C=O) groups excluding carboxylic acids is 1. The highest BCUT2D eigenvalue weighted by atomic mass is 16.6. The lowest BCUT2D eigenvalue weighted by Gasteiger charge is -2.19. The van der Waals surface area contributed by atoms with Crippen molar-refractivity contribution in [3.8, 4) is 11.5 Å². The Morgan fingerprint density at radius 3 is 2.39 bits per heavy atom. The van der Waals surface area contributed by atoms with Gasteiger partial charge in [0.1, 0.15) is 11.5 Å². The number of nitro groups is 1. The van der Waals surface area contributed by atoms with Crippen molar-refractivity contribution in [1.82, 2.24) is 0 Å². The molecule has 7 nitrogen and oxygen atoms in total. The van der Waals surface area contributed by atoms with Gasteiger partial charge in [-0.25, -0.2) is 0 Å². The molecular weight excluding hydrogens is 360 g/mol. The second-order valence-electron chi connectivity index (χ2n) is 7.42. The summed E-state index contributed by atoms with van der Waals surface area (Å²) in [6.45, 7) is 6.88. The Labute approximate surface area is 164 Å². The number of nitrogens with one attached hydrogen (secondary N) is 1. The normalized spacial score (nSPS) is 11.0. The number of methoxy groups -OCH3 is 1. The SMILES string of the molecule is COc1cc([N+](=O)[O-])ccc1NC(=O)CCCOc1ccc(C(C)(C)C)cc1. The first-order chi connectivity index (χ1) is 13.2. The molecule has 0 spiro atoms. The summed E-state index contributed by atoms with van der Waals surface area (Å²) in [5, 5.41) is 13.5. The third-order valence-electron chi connectivity index (χ3n) is 4.21. The fraction of sp³-hybridized carbons (Fsp3) is 0.381. The summed E-state index contributed by atoms with van der Waals surface area (Å²) in [5.41, 5.74) is 1.63. The quantitative estimate of drug-likeness (QED) is 0.403. The van der Waals surface area contributed by atoms with E-state index in [0.29, 0.717) is 18.7 Å². The summed E-state index contributed by atoms with van der Waals surface area (Å²) in [6.07, 6.45) is 0.808. The maximum Gasteiger partial charge on any atom is 0.273 e. The topological polar surface area (TPSA) is 90.7 Å². The molecule has 2 aromatic rings. The van der Waals surface area contributed by atoms with Crippen molar-refractivity contribution >= 4 is 17.3 Å². The second-order valence-corrected chi connectivity index (χ2v) is 7.42. The van der Waals surface area contributed by atoms with Crippen molar-refractivity contribution in [3.63, 3.8) is 0 Å². The number of non-ortho nitro benzene ring substituents is 1. The van der Waals surface area contributed by atoms with Crippen molar-refractivity contribution < 1.29 is 19.2 Å². The minimum Gasteiger partial charge on any atom is -0.494 e. The van der Waals surface area contributed by atoms with Crippen LogP contribution in [0.4, 0.5) is 11.4 Å². The van der Waals surface area contributed by atoms with Crippen molar-refractivity contribution in [1.29, 1.82) is 0 Å². The number of nitro benzene ring substituents is 1. The lowest BCUT2D eigenvalue weighted by molar-refractivity contribution is -0.384. The van der Waals surface area contributed by atoms with Gasteiger partial charge in [-0.3, -0.25) is 14.9 Å². The summed E-state index contributed by atoms with van der Waals surface area (Å²) in [4.78, 5) is 22.4. The van der Waals surface area contributed by atoms with E-state index in [2.05, 4.69) is 26.1 Å². The van der Waals surface area contributed by atoms with Gasteiger partial charge in [-0.15, -0.1) is 0 Å². The van der Waals surface area contributed by atoms with Gasteiger partial charge in [-0.2, -0.15) is 0 Å². The van der Waals surface area contributed by atoms with Crippen LogP contribution in [0, 0.1) is 10.1 Å². The molecular formula is C21H26N2O5. The Balaban J connectivity index is 1.81. The monoisotopic (exact) mass is 386 g/mol. The molecule has 7 heteroatoms. The molecule has 0 aliphatic rings. The number of hydrogen-bond donors (Lipinski definition) is 1. The molecule has 2 rings (SSSR count). The summed E-state index contributed by atoms with van der Waals surface area (Å²) in [7, 11) is 1.40. The van der Waals surface area contributed by atoms with Crippen LogP contribution in [0.1, 0.15) is 39.2 Å². The van der Waals surface area contributed by atoms with Gasteiger partial charge in [-0.1, -0.05) is 32.9 Å². The summed E-state index contributed by atoms with van der Waals surface area (Å²) >= 11 is 0. The highest BCUT2D eigenvalue weighted by Gasteiger charge is 2.14. The van der Waals surface area contributed by atoms with Crippen LogP contribution < -0.4 is 14.8 Å². The number of benzene rings is 2. The lowest BCUT2D eigenvalue weighted by Crippen LogP contribution is -2.13. The van der Waals surface area contributed by atoms with Gasteiger partial charge in [0, 0.05) is 12.5 Å². The Morgan fingerprint density at radius 2 is 1.82 bits per heavy atom. The predicted octanol–water partition coefficient (Wildman–Crippen LogP) is 4.70. The lowest BCUT2D eigenvalue weighted by atomic mass is 9.87. The Hall–Kier alpha value is -3.09. The number of carbonyl (C=O) groups is 1. The van der Waals surface area contributed by atoms with Crippen LogP contribution in [-0.4, -0.2) is 24.5 Å². The fourth-order valence-corrected chi connectivity index (χ4v) is 2.58. The highest BCUT2D eigenvalue weighted by Crippen LogP contribution is 2.29. The number of hydrogen-bond acceptors (Lipinski definition) is 5. The Kier molecular flexibility index (Phi) is 6.98. The zero-order valence-electron chi connectivity index (χ0n) is 16.7. The predicted molar refractivity (Wildman–Crippen MR) is 108 cm³/mol. The fourth-order valence-electron chi connectivity index (χ4n) is 2.58. The van der Waals surface area contributed by atoms with Gasteiger partial charge < -0.3 is 14.8 Å². The highest BCUT2D eigenvalue weighted by molar-refractivity contribution is 5.92.